The smallest absolute Gasteiger partial charge is 0.227 e. The number of fused-ring (bicyclic) bond motifs is 1. The van der Waals surface area contributed by atoms with Crippen LogP contribution in [0.4, 0.5) is 5.69 Å². The fraction of sp³-hybridized carbons (Fsp3) is 0.286. The van der Waals surface area contributed by atoms with Crippen LogP contribution in [0.1, 0.15) is 18.4 Å². The van der Waals surface area contributed by atoms with Crippen LogP contribution in [0.5, 0.6) is 0 Å². The summed E-state index contributed by atoms with van der Waals surface area (Å²) >= 11 is 0. The van der Waals surface area contributed by atoms with E-state index in [9.17, 15) is 4.79 Å². The number of nitrogens with one attached hydrogen (secondary N) is 1. The molecule has 1 heterocycles. The summed E-state index contributed by atoms with van der Waals surface area (Å²) in [6.45, 7) is 2.03. The molecule has 0 radical (unpaired) electrons. The summed E-state index contributed by atoms with van der Waals surface area (Å²) < 4.78 is 0. The second kappa shape index (κ2) is 3.84. The van der Waals surface area contributed by atoms with Crippen LogP contribution in [0.15, 0.2) is 30.6 Å². The SMILES string of the molecule is Cc1cncc2ccc(NC(=O)C3CC3)cc12. The molecule has 0 spiro atoms. The Hall–Kier alpha value is -1.90. The number of benzene rings is 1. The number of pyridine rings is 1. The quantitative estimate of drug-likeness (QED) is 0.855. The number of anilines is 1. The molecule has 1 N–H and O–H groups in total. The van der Waals surface area contributed by atoms with Crippen LogP contribution in [0.3, 0.4) is 0 Å². The molecule has 2 aromatic rings. The Morgan fingerprint density at radius 3 is 2.94 bits per heavy atom. The molecule has 86 valence electrons. The van der Waals surface area contributed by atoms with Gasteiger partial charge >= 0.3 is 0 Å². The number of carbonyl (C=O) groups is 1. The van der Waals surface area contributed by atoms with E-state index in [2.05, 4.69) is 10.3 Å². The molecule has 1 aromatic carbocycles. The first-order valence-electron chi connectivity index (χ1n) is 5.89. The number of amides is 1. The summed E-state index contributed by atoms with van der Waals surface area (Å²) in [5.74, 6) is 0.389. The molecule has 0 aliphatic heterocycles. The van der Waals surface area contributed by atoms with E-state index < -0.39 is 0 Å². The normalized spacial score (nSPS) is 14.9. The van der Waals surface area contributed by atoms with Gasteiger partial charge in [0.15, 0.2) is 0 Å². The van der Waals surface area contributed by atoms with Gasteiger partial charge in [-0.05, 0) is 42.8 Å². The maximum absolute atomic E-state index is 11.7. The number of aryl methyl sites for hydroxylation is 1. The highest BCUT2D eigenvalue weighted by atomic mass is 16.2. The van der Waals surface area contributed by atoms with E-state index in [4.69, 9.17) is 0 Å². The molecule has 1 aromatic heterocycles. The van der Waals surface area contributed by atoms with Gasteiger partial charge in [-0.15, -0.1) is 0 Å². The predicted octanol–water partition coefficient (Wildman–Crippen LogP) is 2.89. The van der Waals surface area contributed by atoms with E-state index in [1.165, 1.54) is 0 Å². The molecule has 1 amide bonds. The van der Waals surface area contributed by atoms with Crippen LogP contribution in [0.2, 0.25) is 0 Å². The van der Waals surface area contributed by atoms with Crippen molar-refractivity contribution >= 4 is 22.4 Å². The molecule has 3 heteroatoms. The molecule has 0 bridgehead atoms. The van der Waals surface area contributed by atoms with Crippen LogP contribution < -0.4 is 5.32 Å². The average Bonchev–Trinajstić information content (AvgIpc) is 3.14. The summed E-state index contributed by atoms with van der Waals surface area (Å²) in [6, 6.07) is 5.95. The van der Waals surface area contributed by atoms with E-state index in [0.29, 0.717) is 0 Å². The van der Waals surface area contributed by atoms with Gasteiger partial charge in [0.2, 0.25) is 5.91 Å². The maximum Gasteiger partial charge on any atom is 0.227 e. The lowest BCUT2D eigenvalue weighted by molar-refractivity contribution is -0.117. The minimum atomic E-state index is 0.149. The number of hydrogen-bond donors (Lipinski definition) is 1. The molecule has 1 aliphatic rings. The van der Waals surface area contributed by atoms with E-state index in [-0.39, 0.29) is 11.8 Å². The van der Waals surface area contributed by atoms with Crippen molar-refractivity contribution in [2.75, 3.05) is 5.32 Å². The zero-order valence-corrected chi connectivity index (χ0v) is 9.73. The number of nitrogens with zero attached hydrogens (tertiary/aromatic N) is 1. The highest BCUT2D eigenvalue weighted by Gasteiger charge is 2.29. The standard InChI is InChI=1S/C14H14N2O/c1-9-7-15-8-11-4-5-12(6-13(9)11)16-14(17)10-2-3-10/h4-8,10H,2-3H2,1H3,(H,16,17). The molecule has 1 saturated carbocycles. The van der Waals surface area contributed by atoms with E-state index in [1.807, 2.05) is 37.5 Å². The van der Waals surface area contributed by atoms with Crippen LogP contribution in [-0.2, 0) is 4.79 Å². The summed E-state index contributed by atoms with van der Waals surface area (Å²) in [5.41, 5.74) is 2.01. The first-order chi connectivity index (χ1) is 8.24. The molecule has 0 saturated heterocycles. The fourth-order valence-corrected chi connectivity index (χ4v) is 1.98. The highest BCUT2D eigenvalue weighted by Crippen LogP contribution is 2.30. The summed E-state index contributed by atoms with van der Waals surface area (Å²) in [6.07, 6.45) is 5.74. The van der Waals surface area contributed by atoms with Gasteiger partial charge < -0.3 is 5.32 Å². The Kier molecular flexibility index (Phi) is 2.32. The van der Waals surface area contributed by atoms with Crippen molar-refractivity contribution in [3.63, 3.8) is 0 Å². The lowest BCUT2D eigenvalue weighted by atomic mass is 10.1. The van der Waals surface area contributed by atoms with Gasteiger partial charge in [-0.25, -0.2) is 0 Å². The van der Waals surface area contributed by atoms with Gasteiger partial charge in [-0.2, -0.15) is 0 Å². The third kappa shape index (κ3) is 2.00. The minimum Gasteiger partial charge on any atom is -0.326 e. The zero-order valence-electron chi connectivity index (χ0n) is 9.73. The Balaban J connectivity index is 1.95. The molecule has 3 nitrogen and oxygen atoms in total. The first-order valence-corrected chi connectivity index (χ1v) is 5.89. The van der Waals surface area contributed by atoms with Crippen molar-refractivity contribution in [3.8, 4) is 0 Å². The Morgan fingerprint density at radius 1 is 1.35 bits per heavy atom. The van der Waals surface area contributed by atoms with E-state index in [0.717, 1.165) is 34.9 Å². The summed E-state index contributed by atoms with van der Waals surface area (Å²) in [7, 11) is 0. The van der Waals surface area contributed by atoms with Gasteiger partial charge in [0.25, 0.3) is 0 Å². The van der Waals surface area contributed by atoms with Crippen LogP contribution in [0.25, 0.3) is 10.8 Å². The largest absolute Gasteiger partial charge is 0.326 e. The number of carbonyl (C=O) groups excluding carboxylic acids is 1. The first kappa shape index (κ1) is 10.3. The van der Waals surface area contributed by atoms with Crippen molar-refractivity contribution < 1.29 is 4.79 Å². The van der Waals surface area contributed by atoms with Crippen molar-refractivity contribution in [1.29, 1.82) is 0 Å². The molecular weight excluding hydrogens is 212 g/mol. The van der Waals surface area contributed by atoms with Crippen molar-refractivity contribution in [2.45, 2.75) is 19.8 Å². The van der Waals surface area contributed by atoms with Gasteiger partial charge in [0.1, 0.15) is 0 Å². The van der Waals surface area contributed by atoms with Crippen molar-refractivity contribution in [3.05, 3.63) is 36.2 Å². The molecular formula is C14H14N2O. The van der Waals surface area contributed by atoms with Gasteiger partial charge in [0.05, 0.1) is 0 Å². The van der Waals surface area contributed by atoms with Crippen molar-refractivity contribution in [2.24, 2.45) is 5.92 Å². The lowest BCUT2D eigenvalue weighted by Gasteiger charge is -2.07. The van der Waals surface area contributed by atoms with E-state index >= 15 is 0 Å². The maximum atomic E-state index is 11.7. The highest BCUT2D eigenvalue weighted by molar-refractivity contribution is 5.97. The second-order valence-corrected chi connectivity index (χ2v) is 4.66. The number of rotatable bonds is 2. The summed E-state index contributed by atoms with van der Waals surface area (Å²) in [4.78, 5) is 15.8. The number of aromatic nitrogens is 1. The number of hydrogen-bond acceptors (Lipinski definition) is 2. The van der Waals surface area contributed by atoms with E-state index in [1.54, 1.807) is 0 Å². The average molecular weight is 226 g/mol. The predicted molar refractivity (Wildman–Crippen MR) is 67.8 cm³/mol. The van der Waals surface area contributed by atoms with Crippen LogP contribution >= 0.6 is 0 Å². The summed E-state index contributed by atoms with van der Waals surface area (Å²) in [5, 5.41) is 5.22. The molecule has 1 fully saturated rings. The Labute approximate surface area is 99.9 Å². The zero-order chi connectivity index (χ0) is 11.8. The molecule has 17 heavy (non-hydrogen) atoms. The fourth-order valence-electron chi connectivity index (χ4n) is 1.98. The van der Waals surface area contributed by atoms with Gasteiger partial charge in [0, 0.05) is 29.4 Å². The molecule has 0 unspecified atom stereocenters. The van der Waals surface area contributed by atoms with Crippen LogP contribution in [-0.4, -0.2) is 10.9 Å². The topological polar surface area (TPSA) is 42.0 Å². The second-order valence-electron chi connectivity index (χ2n) is 4.66. The lowest BCUT2D eigenvalue weighted by Crippen LogP contribution is -2.13. The van der Waals surface area contributed by atoms with Gasteiger partial charge in [-0.1, -0.05) is 6.07 Å². The Bertz CT molecular complexity index is 588. The third-order valence-electron chi connectivity index (χ3n) is 3.18. The van der Waals surface area contributed by atoms with Gasteiger partial charge in [-0.3, -0.25) is 9.78 Å². The Morgan fingerprint density at radius 2 is 2.18 bits per heavy atom. The minimum absolute atomic E-state index is 0.149. The van der Waals surface area contributed by atoms with Crippen molar-refractivity contribution in [1.82, 2.24) is 4.98 Å². The molecule has 1 aliphatic carbocycles. The van der Waals surface area contributed by atoms with Crippen LogP contribution in [0, 0.1) is 12.8 Å². The third-order valence-corrected chi connectivity index (χ3v) is 3.18. The molecule has 3 rings (SSSR count). The monoisotopic (exact) mass is 226 g/mol. The molecule has 0 atom stereocenters.